The molecule has 2 rings (SSSR count). The summed E-state index contributed by atoms with van der Waals surface area (Å²) in [6.07, 6.45) is 0.870. The van der Waals surface area contributed by atoms with Crippen molar-refractivity contribution < 1.29 is 9.59 Å². The molecule has 1 saturated heterocycles. The summed E-state index contributed by atoms with van der Waals surface area (Å²) >= 11 is 0. The van der Waals surface area contributed by atoms with Gasteiger partial charge in [0.25, 0.3) is 0 Å². The topological polar surface area (TPSA) is 49.4 Å². The summed E-state index contributed by atoms with van der Waals surface area (Å²) in [5.74, 6) is 0.118. The molecule has 1 aromatic rings. The number of nitrogens with one attached hydrogen (secondary N) is 1. The van der Waals surface area contributed by atoms with Crippen molar-refractivity contribution in [2.75, 3.05) is 6.54 Å². The second kappa shape index (κ2) is 6.29. The van der Waals surface area contributed by atoms with Crippen LogP contribution in [0.15, 0.2) is 18.2 Å². The Morgan fingerprint density at radius 3 is 2.43 bits per heavy atom. The first kappa shape index (κ1) is 15.5. The first-order chi connectivity index (χ1) is 9.92. The monoisotopic (exact) mass is 288 g/mol. The van der Waals surface area contributed by atoms with E-state index in [4.69, 9.17) is 0 Å². The van der Waals surface area contributed by atoms with Gasteiger partial charge in [0.2, 0.25) is 11.8 Å². The minimum atomic E-state index is -0.364. The van der Waals surface area contributed by atoms with E-state index in [2.05, 4.69) is 23.5 Å². The molecule has 0 aromatic heterocycles. The fraction of sp³-hybridized carbons (Fsp3) is 0.529. The first-order valence-corrected chi connectivity index (χ1v) is 7.56. The highest BCUT2D eigenvalue weighted by atomic mass is 16.2. The van der Waals surface area contributed by atoms with Crippen molar-refractivity contribution in [1.82, 2.24) is 10.2 Å². The van der Waals surface area contributed by atoms with Crippen LogP contribution < -0.4 is 5.32 Å². The molecule has 1 aliphatic rings. The largest absolute Gasteiger partial charge is 0.345 e. The number of nitrogens with zero attached hydrogens (tertiary/aromatic N) is 1. The quantitative estimate of drug-likeness (QED) is 0.923. The Balaban J connectivity index is 2.28. The van der Waals surface area contributed by atoms with Gasteiger partial charge in [-0.1, -0.05) is 49.6 Å². The fourth-order valence-corrected chi connectivity index (χ4v) is 3.00. The van der Waals surface area contributed by atoms with Gasteiger partial charge >= 0.3 is 0 Å². The Morgan fingerprint density at radius 2 is 1.86 bits per heavy atom. The summed E-state index contributed by atoms with van der Waals surface area (Å²) < 4.78 is 0. The number of amides is 2. The number of hydrogen-bond acceptors (Lipinski definition) is 2. The Morgan fingerprint density at radius 1 is 1.24 bits per heavy atom. The van der Waals surface area contributed by atoms with E-state index in [1.54, 1.807) is 4.90 Å². The second-order valence-electron chi connectivity index (χ2n) is 6.07. The molecular formula is C17H24N2O2. The van der Waals surface area contributed by atoms with Crippen LogP contribution in [0.4, 0.5) is 0 Å². The summed E-state index contributed by atoms with van der Waals surface area (Å²) in [7, 11) is 0. The van der Waals surface area contributed by atoms with Gasteiger partial charge in [0.05, 0.1) is 6.54 Å². The number of benzene rings is 1. The highest BCUT2D eigenvalue weighted by molar-refractivity contribution is 5.95. The van der Waals surface area contributed by atoms with E-state index >= 15 is 0 Å². The second-order valence-corrected chi connectivity index (χ2v) is 6.07. The van der Waals surface area contributed by atoms with Crippen LogP contribution in [0.25, 0.3) is 0 Å². The molecule has 0 spiro atoms. The Kier molecular flexibility index (Phi) is 4.66. The molecule has 1 aliphatic heterocycles. The van der Waals surface area contributed by atoms with Crippen molar-refractivity contribution in [3.8, 4) is 0 Å². The Bertz CT molecular complexity index is 533. The van der Waals surface area contributed by atoms with Crippen LogP contribution in [-0.2, 0) is 16.1 Å². The van der Waals surface area contributed by atoms with Crippen LogP contribution in [0.2, 0.25) is 0 Å². The lowest BCUT2D eigenvalue weighted by Crippen LogP contribution is -2.60. The van der Waals surface area contributed by atoms with E-state index in [0.717, 1.165) is 12.0 Å². The molecule has 114 valence electrons. The Hall–Kier alpha value is -1.84. The third-order valence-electron chi connectivity index (χ3n) is 4.16. The molecule has 1 N–H and O–H groups in total. The van der Waals surface area contributed by atoms with Crippen molar-refractivity contribution in [1.29, 1.82) is 0 Å². The molecule has 4 nitrogen and oxygen atoms in total. The lowest BCUT2D eigenvalue weighted by atomic mass is 9.94. The van der Waals surface area contributed by atoms with Gasteiger partial charge in [-0.3, -0.25) is 9.59 Å². The molecule has 0 bridgehead atoms. The van der Waals surface area contributed by atoms with Gasteiger partial charge in [-0.25, -0.2) is 0 Å². The van der Waals surface area contributed by atoms with Crippen LogP contribution >= 0.6 is 0 Å². The van der Waals surface area contributed by atoms with Crippen LogP contribution in [0.3, 0.4) is 0 Å². The smallest absolute Gasteiger partial charge is 0.243 e. The van der Waals surface area contributed by atoms with Crippen molar-refractivity contribution in [3.05, 3.63) is 34.9 Å². The molecule has 1 fully saturated rings. The van der Waals surface area contributed by atoms with E-state index in [1.165, 1.54) is 11.1 Å². The third kappa shape index (κ3) is 3.43. The van der Waals surface area contributed by atoms with Gasteiger partial charge < -0.3 is 10.2 Å². The van der Waals surface area contributed by atoms with Gasteiger partial charge in [0.15, 0.2) is 0 Å². The Labute approximate surface area is 126 Å². The zero-order valence-electron chi connectivity index (χ0n) is 13.3. The average Bonchev–Trinajstić information content (AvgIpc) is 2.41. The van der Waals surface area contributed by atoms with Gasteiger partial charge in [0.1, 0.15) is 6.04 Å². The summed E-state index contributed by atoms with van der Waals surface area (Å²) in [4.78, 5) is 26.2. The molecule has 21 heavy (non-hydrogen) atoms. The molecule has 2 amide bonds. The van der Waals surface area contributed by atoms with E-state index in [0.29, 0.717) is 6.54 Å². The molecule has 2 unspecified atom stereocenters. The van der Waals surface area contributed by atoms with E-state index < -0.39 is 0 Å². The van der Waals surface area contributed by atoms with E-state index in [1.807, 2.05) is 27.7 Å². The maximum absolute atomic E-state index is 12.3. The zero-order chi connectivity index (χ0) is 15.6. The van der Waals surface area contributed by atoms with Crippen molar-refractivity contribution >= 4 is 11.8 Å². The molecular weight excluding hydrogens is 264 g/mol. The number of hydrogen-bond donors (Lipinski definition) is 1. The summed E-state index contributed by atoms with van der Waals surface area (Å²) in [5, 5.41) is 2.71. The van der Waals surface area contributed by atoms with Gasteiger partial charge in [-0.05, 0) is 25.3 Å². The number of carbonyl (C=O) groups excluding carboxylic acids is 2. The standard InChI is InChI=1S/C17H24N2O2/c1-5-13(4)16-17(21)18-9-15(20)19(16)10-14-7-11(2)6-12(3)8-14/h6-8,13,16H,5,9-10H2,1-4H3,(H,18,21). The van der Waals surface area contributed by atoms with Crippen LogP contribution in [0, 0.1) is 19.8 Å². The lowest BCUT2D eigenvalue weighted by Gasteiger charge is -2.38. The SMILES string of the molecule is CCC(C)C1C(=O)NCC(=O)N1Cc1cc(C)cc(C)c1. The van der Waals surface area contributed by atoms with Crippen LogP contribution in [0.1, 0.15) is 37.0 Å². The third-order valence-corrected chi connectivity index (χ3v) is 4.16. The highest BCUT2D eigenvalue weighted by Gasteiger charge is 2.37. The molecule has 2 atom stereocenters. The van der Waals surface area contributed by atoms with Gasteiger partial charge in [-0.2, -0.15) is 0 Å². The van der Waals surface area contributed by atoms with Gasteiger partial charge in [0, 0.05) is 6.54 Å². The number of aryl methyl sites for hydroxylation is 2. The lowest BCUT2D eigenvalue weighted by molar-refractivity contribution is -0.148. The summed E-state index contributed by atoms with van der Waals surface area (Å²) in [5.41, 5.74) is 3.45. The maximum atomic E-state index is 12.3. The van der Waals surface area contributed by atoms with E-state index in [-0.39, 0.29) is 30.3 Å². The minimum Gasteiger partial charge on any atom is -0.345 e. The molecule has 4 heteroatoms. The summed E-state index contributed by atoms with van der Waals surface area (Å²) in [6, 6.07) is 5.92. The molecule has 1 heterocycles. The van der Waals surface area contributed by atoms with Crippen LogP contribution in [0.5, 0.6) is 0 Å². The fourth-order valence-electron chi connectivity index (χ4n) is 3.00. The highest BCUT2D eigenvalue weighted by Crippen LogP contribution is 2.21. The zero-order valence-corrected chi connectivity index (χ0v) is 13.3. The molecule has 0 radical (unpaired) electrons. The van der Waals surface area contributed by atoms with Crippen molar-refractivity contribution in [2.45, 2.75) is 46.7 Å². The van der Waals surface area contributed by atoms with Crippen molar-refractivity contribution in [2.24, 2.45) is 5.92 Å². The maximum Gasteiger partial charge on any atom is 0.243 e. The van der Waals surface area contributed by atoms with E-state index in [9.17, 15) is 9.59 Å². The number of carbonyl (C=O) groups is 2. The predicted molar refractivity (Wildman–Crippen MR) is 82.7 cm³/mol. The van der Waals surface area contributed by atoms with Crippen LogP contribution in [-0.4, -0.2) is 29.3 Å². The average molecular weight is 288 g/mol. The molecule has 1 aromatic carbocycles. The molecule has 0 aliphatic carbocycles. The predicted octanol–water partition coefficient (Wildman–Crippen LogP) is 2.18. The number of piperazine rings is 1. The van der Waals surface area contributed by atoms with Gasteiger partial charge in [-0.15, -0.1) is 0 Å². The minimum absolute atomic E-state index is 0.000871. The first-order valence-electron chi connectivity index (χ1n) is 7.56. The normalized spacial score (nSPS) is 20.4. The number of rotatable bonds is 4. The van der Waals surface area contributed by atoms with Crippen molar-refractivity contribution in [3.63, 3.8) is 0 Å². The summed E-state index contributed by atoms with van der Waals surface area (Å²) in [6.45, 7) is 8.78. The molecule has 0 saturated carbocycles.